The predicted molar refractivity (Wildman–Crippen MR) is 75.3 cm³/mol. The number of nitrogens with one attached hydrogen (secondary N) is 2. The maximum Gasteiger partial charge on any atom is 0.0597 e. The van der Waals surface area contributed by atoms with Crippen molar-refractivity contribution >= 4 is 23.0 Å². The molecule has 17 heavy (non-hydrogen) atoms. The van der Waals surface area contributed by atoms with Crippen molar-refractivity contribution < 1.29 is 0 Å². The number of nitrogens with zero attached hydrogens (tertiary/aromatic N) is 1. The minimum absolute atomic E-state index is 0.587. The molecule has 0 radical (unpaired) electrons. The van der Waals surface area contributed by atoms with E-state index in [0.29, 0.717) is 6.04 Å². The van der Waals surface area contributed by atoms with E-state index >= 15 is 0 Å². The first-order chi connectivity index (χ1) is 8.16. The molecule has 1 fully saturated rings. The monoisotopic (exact) mass is 253 g/mol. The third kappa shape index (κ3) is 3.27. The molecular weight excluding hydrogens is 234 g/mol. The van der Waals surface area contributed by atoms with Gasteiger partial charge in [-0.1, -0.05) is 11.6 Å². The second-order valence-electron chi connectivity index (χ2n) is 4.73. The minimum atomic E-state index is 0.587. The van der Waals surface area contributed by atoms with Crippen LogP contribution in [0.3, 0.4) is 0 Å². The number of rotatable bonds is 4. The molecule has 1 atom stereocenters. The van der Waals surface area contributed by atoms with Gasteiger partial charge in [0, 0.05) is 31.7 Å². The summed E-state index contributed by atoms with van der Waals surface area (Å²) in [5, 5.41) is 7.75. The van der Waals surface area contributed by atoms with Gasteiger partial charge in [-0.05, 0) is 37.6 Å². The SMILES string of the molecule is CN(C)c1ccc(Cl)cc1NCC1CCCN1. The van der Waals surface area contributed by atoms with Gasteiger partial charge in [0.2, 0.25) is 0 Å². The predicted octanol–water partition coefficient (Wildman–Crippen LogP) is 2.57. The molecule has 1 aliphatic heterocycles. The summed E-state index contributed by atoms with van der Waals surface area (Å²) in [6.45, 7) is 2.10. The molecular formula is C13H20ClN3. The van der Waals surface area contributed by atoms with Crippen molar-refractivity contribution in [3.05, 3.63) is 23.2 Å². The van der Waals surface area contributed by atoms with Crippen LogP contribution in [0.5, 0.6) is 0 Å². The molecule has 1 aromatic carbocycles. The van der Waals surface area contributed by atoms with Gasteiger partial charge in [-0.3, -0.25) is 0 Å². The van der Waals surface area contributed by atoms with Gasteiger partial charge in [-0.2, -0.15) is 0 Å². The van der Waals surface area contributed by atoms with Gasteiger partial charge in [-0.25, -0.2) is 0 Å². The number of hydrogen-bond acceptors (Lipinski definition) is 3. The molecule has 1 unspecified atom stereocenters. The first-order valence-electron chi connectivity index (χ1n) is 6.11. The Morgan fingerprint density at radius 1 is 1.47 bits per heavy atom. The fourth-order valence-electron chi connectivity index (χ4n) is 2.20. The van der Waals surface area contributed by atoms with Gasteiger partial charge in [-0.15, -0.1) is 0 Å². The molecule has 3 nitrogen and oxygen atoms in total. The first kappa shape index (κ1) is 12.5. The van der Waals surface area contributed by atoms with Crippen molar-refractivity contribution in [1.29, 1.82) is 0 Å². The fraction of sp³-hybridized carbons (Fsp3) is 0.538. The van der Waals surface area contributed by atoms with Crippen LogP contribution in [0, 0.1) is 0 Å². The summed E-state index contributed by atoms with van der Waals surface area (Å²) in [4.78, 5) is 2.10. The zero-order chi connectivity index (χ0) is 12.3. The average molecular weight is 254 g/mol. The lowest BCUT2D eigenvalue weighted by Crippen LogP contribution is -2.29. The first-order valence-corrected chi connectivity index (χ1v) is 6.49. The van der Waals surface area contributed by atoms with Crippen LogP contribution in [0.1, 0.15) is 12.8 Å². The third-order valence-electron chi connectivity index (χ3n) is 3.14. The smallest absolute Gasteiger partial charge is 0.0597 e. The maximum atomic E-state index is 6.04. The van der Waals surface area contributed by atoms with Crippen LogP contribution < -0.4 is 15.5 Å². The molecule has 0 bridgehead atoms. The molecule has 0 aromatic heterocycles. The molecule has 0 amide bonds. The number of hydrogen-bond donors (Lipinski definition) is 2. The molecule has 2 rings (SSSR count). The van der Waals surface area contributed by atoms with E-state index in [9.17, 15) is 0 Å². The molecule has 2 N–H and O–H groups in total. The van der Waals surface area contributed by atoms with Crippen LogP contribution >= 0.6 is 11.6 Å². The highest BCUT2D eigenvalue weighted by Crippen LogP contribution is 2.27. The van der Waals surface area contributed by atoms with Crippen molar-refractivity contribution in [1.82, 2.24) is 5.32 Å². The number of halogens is 1. The fourth-order valence-corrected chi connectivity index (χ4v) is 2.38. The number of anilines is 2. The quantitative estimate of drug-likeness (QED) is 0.864. The van der Waals surface area contributed by atoms with Crippen molar-refractivity contribution in [2.75, 3.05) is 37.4 Å². The van der Waals surface area contributed by atoms with E-state index in [1.807, 2.05) is 32.3 Å². The second kappa shape index (κ2) is 5.61. The van der Waals surface area contributed by atoms with Gasteiger partial charge < -0.3 is 15.5 Å². The molecule has 1 aromatic rings. The van der Waals surface area contributed by atoms with Crippen molar-refractivity contribution in [2.24, 2.45) is 0 Å². The maximum absolute atomic E-state index is 6.04. The lowest BCUT2D eigenvalue weighted by molar-refractivity contribution is 0.633. The van der Waals surface area contributed by atoms with Gasteiger partial charge in [0.1, 0.15) is 0 Å². The van der Waals surface area contributed by atoms with Crippen molar-refractivity contribution in [3.63, 3.8) is 0 Å². The Labute approximate surface area is 108 Å². The molecule has 0 spiro atoms. The Balaban J connectivity index is 2.04. The summed E-state index contributed by atoms with van der Waals surface area (Å²) >= 11 is 6.04. The van der Waals surface area contributed by atoms with Crippen molar-refractivity contribution in [3.8, 4) is 0 Å². The van der Waals surface area contributed by atoms with Gasteiger partial charge in [0.25, 0.3) is 0 Å². The Bertz CT molecular complexity index is 373. The molecule has 0 saturated carbocycles. The Kier molecular flexibility index (Phi) is 4.13. The van der Waals surface area contributed by atoms with Gasteiger partial charge >= 0.3 is 0 Å². The highest BCUT2D eigenvalue weighted by atomic mass is 35.5. The highest BCUT2D eigenvalue weighted by Gasteiger charge is 2.14. The molecule has 94 valence electrons. The highest BCUT2D eigenvalue weighted by molar-refractivity contribution is 6.31. The zero-order valence-electron chi connectivity index (χ0n) is 10.5. The van der Waals surface area contributed by atoms with E-state index < -0.39 is 0 Å². The molecule has 1 heterocycles. The molecule has 1 saturated heterocycles. The van der Waals surface area contributed by atoms with Crippen LogP contribution in [0.15, 0.2) is 18.2 Å². The Morgan fingerprint density at radius 3 is 2.94 bits per heavy atom. The minimum Gasteiger partial charge on any atom is -0.382 e. The van der Waals surface area contributed by atoms with E-state index in [1.165, 1.54) is 18.5 Å². The van der Waals surface area contributed by atoms with E-state index in [0.717, 1.165) is 23.8 Å². The molecule has 0 aliphatic carbocycles. The van der Waals surface area contributed by atoms with Crippen LogP contribution in [-0.4, -0.2) is 33.2 Å². The zero-order valence-corrected chi connectivity index (χ0v) is 11.2. The van der Waals surface area contributed by atoms with E-state index in [4.69, 9.17) is 11.6 Å². The van der Waals surface area contributed by atoms with Crippen LogP contribution in [0.2, 0.25) is 5.02 Å². The standard InChI is InChI=1S/C13H20ClN3/c1-17(2)13-6-5-10(14)8-12(13)16-9-11-4-3-7-15-11/h5-6,8,11,15-16H,3-4,7,9H2,1-2H3. The second-order valence-corrected chi connectivity index (χ2v) is 5.17. The van der Waals surface area contributed by atoms with Crippen LogP contribution in [0.25, 0.3) is 0 Å². The van der Waals surface area contributed by atoms with Crippen molar-refractivity contribution in [2.45, 2.75) is 18.9 Å². The number of benzene rings is 1. The van der Waals surface area contributed by atoms with Gasteiger partial charge in [0.15, 0.2) is 0 Å². The Morgan fingerprint density at radius 2 is 2.29 bits per heavy atom. The van der Waals surface area contributed by atoms with Crippen LogP contribution in [-0.2, 0) is 0 Å². The van der Waals surface area contributed by atoms with E-state index in [2.05, 4.69) is 15.5 Å². The summed E-state index contributed by atoms with van der Waals surface area (Å²) in [5.74, 6) is 0. The summed E-state index contributed by atoms with van der Waals surface area (Å²) in [7, 11) is 4.09. The van der Waals surface area contributed by atoms with E-state index in [1.54, 1.807) is 0 Å². The lowest BCUT2D eigenvalue weighted by atomic mass is 10.2. The topological polar surface area (TPSA) is 27.3 Å². The summed E-state index contributed by atoms with van der Waals surface area (Å²) in [5.41, 5.74) is 2.28. The van der Waals surface area contributed by atoms with Crippen LogP contribution in [0.4, 0.5) is 11.4 Å². The molecule has 1 aliphatic rings. The largest absolute Gasteiger partial charge is 0.382 e. The lowest BCUT2D eigenvalue weighted by Gasteiger charge is -2.20. The van der Waals surface area contributed by atoms with E-state index in [-0.39, 0.29) is 0 Å². The third-order valence-corrected chi connectivity index (χ3v) is 3.38. The Hall–Kier alpha value is -0.930. The summed E-state index contributed by atoms with van der Waals surface area (Å²) in [6.07, 6.45) is 2.54. The normalized spacial score (nSPS) is 19.4. The average Bonchev–Trinajstić information content (AvgIpc) is 2.78. The van der Waals surface area contributed by atoms with Gasteiger partial charge in [0.05, 0.1) is 11.4 Å². The molecule has 4 heteroatoms. The summed E-state index contributed by atoms with van der Waals surface area (Å²) < 4.78 is 0. The summed E-state index contributed by atoms with van der Waals surface area (Å²) in [6, 6.07) is 6.55.